The van der Waals surface area contributed by atoms with Crippen molar-refractivity contribution >= 4 is 33.6 Å². The van der Waals surface area contributed by atoms with E-state index in [9.17, 15) is 9.59 Å². The first-order valence-electron chi connectivity index (χ1n) is 7.41. The Labute approximate surface area is 133 Å². The monoisotopic (exact) mass is 310 g/mol. The number of nitrogens with one attached hydrogen (secondary N) is 1. The molecule has 0 aliphatic heterocycles. The number of carbonyl (C=O) groups excluding carboxylic acids is 2. The number of likely N-dealkylation sites (N-methyl/N-ethyl adjacent to an activating group) is 1. The van der Waals surface area contributed by atoms with Gasteiger partial charge in [0.2, 0.25) is 11.8 Å². The maximum Gasteiger partial charge on any atom is 0.241 e. The van der Waals surface area contributed by atoms with E-state index in [1.807, 2.05) is 36.4 Å². The van der Waals surface area contributed by atoms with E-state index >= 15 is 0 Å². The minimum atomic E-state index is -0.198. The highest BCUT2D eigenvalue weighted by molar-refractivity contribution is 6.08. The first-order chi connectivity index (χ1) is 11.1. The van der Waals surface area contributed by atoms with E-state index in [0.29, 0.717) is 0 Å². The van der Waals surface area contributed by atoms with E-state index in [-0.39, 0.29) is 24.8 Å². The summed E-state index contributed by atoms with van der Waals surface area (Å²) in [7, 11) is 3.31. The SMILES string of the molecule is CN(C)C(=O)CNC(=O)Cc1coc2ccc3ccccc3c12. The first-order valence-corrected chi connectivity index (χ1v) is 7.41. The molecule has 1 heterocycles. The zero-order valence-electron chi connectivity index (χ0n) is 13.1. The first kappa shape index (κ1) is 15.1. The third-order valence-electron chi connectivity index (χ3n) is 3.83. The molecule has 0 radical (unpaired) electrons. The lowest BCUT2D eigenvalue weighted by atomic mass is 10.0. The summed E-state index contributed by atoms with van der Waals surface area (Å²) < 4.78 is 5.57. The number of benzene rings is 2. The van der Waals surface area contributed by atoms with Crippen molar-refractivity contribution in [1.82, 2.24) is 10.2 Å². The molecule has 0 unspecified atom stereocenters. The van der Waals surface area contributed by atoms with Gasteiger partial charge in [-0.25, -0.2) is 0 Å². The van der Waals surface area contributed by atoms with Gasteiger partial charge < -0.3 is 14.6 Å². The van der Waals surface area contributed by atoms with Gasteiger partial charge in [-0.2, -0.15) is 0 Å². The van der Waals surface area contributed by atoms with Crippen LogP contribution in [-0.2, 0) is 16.0 Å². The zero-order valence-corrected chi connectivity index (χ0v) is 13.1. The quantitative estimate of drug-likeness (QED) is 0.804. The van der Waals surface area contributed by atoms with Crippen LogP contribution in [0.15, 0.2) is 47.1 Å². The molecule has 0 saturated carbocycles. The molecule has 0 saturated heterocycles. The average Bonchev–Trinajstić information content (AvgIpc) is 2.96. The molecule has 1 aromatic heterocycles. The Bertz CT molecular complexity index is 880. The number of hydrogen-bond acceptors (Lipinski definition) is 3. The van der Waals surface area contributed by atoms with Crippen molar-refractivity contribution in [3.63, 3.8) is 0 Å². The lowest BCUT2D eigenvalue weighted by Gasteiger charge is -2.10. The molecule has 118 valence electrons. The summed E-state index contributed by atoms with van der Waals surface area (Å²) in [5.41, 5.74) is 1.59. The lowest BCUT2D eigenvalue weighted by Crippen LogP contribution is -2.36. The van der Waals surface area contributed by atoms with Crippen LogP contribution in [0.3, 0.4) is 0 Å². The Hall–Kier alpha value is -2.82. The largest absolute Gasteiger partial charge is 0.464 e. The number of fused-ring (bicyclic) bond motifs is 3. The number of nitrogens with zero attached hydrogens (tertiary/aromatic N) is 1. The Morgan fingerprint density at radius 2 is 1.91 bits per heavy atom. The van der Waals surface area contributed by atoms with Crippen LogP contribution in [0, 0.1) is 0 Å². The van der Waals surface area contributed by atoms with Crippen LogP contribution in [0.5, 0.6) is 0 Å². The van der Waals surface area contributed by atoms with Crippen LogP contribution in [0.2, 0.25) is 0 Å². The number of rotatable bonds is 4. The van der Waals surface area contributed by atoms with Crippen molar-refractivity contribution in [2.75, 3.05) is 20.6 Å². The average molecular weight is 310 g/mol. The molecule has 0 aliphatic carbocycles. The number of carbonyl (C=O) groups is 2. The summed E-state index contributed by atoms with van der Waals surface area (Å²) in [4.78, 5) is 25.1. The third kappa shape index (κ3) is 3.04. The fraction of sp³-hybridized carbons (Fsp3) is 0.222. The smallest absolute Gasteiger partial charge is 0.241 e. The third-order valence-corrected chi connectivity index (χ3v) is 3.83. The Kier molecular flexibility index (Phi) is 4.02. The van der Waals surface area contributed by atoms with Crippen LogP contribution in [-0.4, -0.2) is 37.4 Å². The van der Waals surface area contributed by atoms with E-state index in [0.717, 1.165) is 27.3 Å². The van der Waals surface area contributed by atoms with Gasteiger partial charge in [-0.15, -0.1) is 0 Å². The molecule has 23 heavy (non-hydrogen) atoms. The van der Waals surface area contributed by atoms with Gasteiger partial charge in [0.15, 0.2) is 0 Å². The second kappa shape index (κ2) is 6.12. The zero-order chi connectivity index (χ0) is 16.4. The molecule has 5 heteroatoms. The predicted molar refractivity (Wildman–Crippen MR) is 89.1 cm³/mol. The van der Waals surface area contributed by atoms with Gasteiger partial charge in [-0.3, -0.25) is 9.59 Å². The number of furan rings is 1. The van der Waals surface area contributed by atoms with Crippen molar-refractivity contribution in [1.29, 1.82) is 0 Å². The predicted octanol–water partition coefficient (Wildman–Crippen LogP) is 2.33. The summed E-state index contributed by atoms with van der Waals surface area (Å²) >= 11 is 0. The van der Waals surface area contributed by atoms with E-state index in [1.165, 1.54) is 4.90 Å². The lowest BCUT2D eigenvalue weighted by molar-refractivity contribution is -0.130. The molecule has 3 aromatic rings. The van der Waals surface area contributed by atoms with Crippen LogP contribution in [0.25, 0.3) is 21.7 Å². The highest BCUT2D eigenvalue weighted by Gasteiger charge is 2.14. The molecule has 0 atom stereocenters. The van der Waals surface area contributed by atoms with Gasteiger partial charge in [0, 0.05) is 25.0 Å². The normalized spacial score (nSPS) is 10.9. The minimum absolute atomic E-state index is 0.00235. The Morgan fingerprint density at radius 1 is 1.13 bits per heavy atom. The summed E-state index contributed by atoms with van der Waals surface area (Å²) in [6, 6.07) is 11.9. The molecular formula is C18H18N2O3. The molecule has 2 aromatic carbocycles. The standard InChI is InChI=1S/C18H18N2O3/c1-20(2)17(22)10-19-16(21)9-13-11-23-15-8-7-12-5-3-4-6-14(12)18(13)15/h3-8,11H,9-10H2,1-2H3,(H,19,21). The molecular weight excluding hydrogens is 292 g/mol. The van der Waals surface area contributed by atoms with E-state index in [2.05, 4.69) is 5.32 Å². The van der Waals surface area contributed by atoms with Crippen molar-refractivity contribution in [3.05, 3.63) is 48.2 Å². The molecule has 1 N–H and O–H groups in total. The Morgan fingerprint density at radius 3 is 2.70 bits per heavy atom. The van der Waals surface area contributed by atoms with Gasteiger partial charge in [-0.05, 0) is 16.8 Å². The van der Waals surface area contributed by atoms with Gasteiger partial charge in [0.25, 0.3) is 0 Å². The fourth-order valence-corrected chi connectivity index (χ4v) is 2.57. The van der Waals surface area contributed by atoms with Gasteiger partial charge in [0.05, 0.1) is 19.2 Å². The van der Waals surface area contributed by atoms with E-state index < -0.39 is 0 Å². The van der Waals surface area contributed by atoms with Crippen LogP contribution < -0.4 is 5.32 Å². The second-order valence-corrected chi connectivity index (χ2v) is 5.66. The van der Waals surface area contributed by atoms with Gasteiger partial charge >= 0.3 is 0 Å². The topological polar surface area (TPSA) is 62.6 Å². The summed E-state index contributed by atoms with van der Waals surface area (Å²) in [5.74, 6) is -0.336. The molecule has 0 fully saturated rings. The second-order valence-electron chi connectivity index (χ2n) is 5.66. The van der Waals surface area contributed by atoms with Gasteiger partial charge in [0.1, 0.15) is 5.58 Å². The summed E-state index contributed by atoms with van der Waals surface area (Å²) in [6.07, 6.45) is 1.80. The Balaban J connectivity index is 1.84. The highest BCUT2D eigenvalue weighted by Crippen LogP contribution is 2.29. The van der Waals surface area contributed by atoms with Crippen LogP contribution >= 0.6 is 0 Å². The van der Waals surface area contributed by atoms with Crippen molar-refractivity contribution in [2.24, 2.45) is 0 Å². The molecule has 5 nitrogen and oxygen atoms in total. The van der Waals surface area contributed by atoms with Crippen molar-refractivity contribution < 1.29 is 14.0 Å². The maximum atomic E-state index is 12.1. The van der Waals surface area contributed by atoms with Gasteiger partial charge in [-0.1, -0.05) is 30.3 Å². The van der Waals surface area contributed by atoms with Crippen molar-refractivity contribution in [2.45, 2.75) is 6.42 Å². The maximum absolute atomic E-state index is 12.1. The summed E-state index contributed by atoms with van der Waals surface area (Å²) in [6.45, 7) is 0.00235. The van der Waals surface area contributed by atoms with Crippen LogP contribution in [0.1, 0.15) is 5.56 Å². The molecule has 3 rings (SSSR count). The van der Waals surface area contributed by atoms with E-state index in [4.69, 9.17) is 4.42 Å². The molecule has 0 aliphatic rings. The molecule has 0 bridgehead atoms. The van der Waals surface area contributed by atoms with E-state index in [1.54, 1.807) is 20.4 Å². The summed E-state index contributed by atoms with van der Waals surface area (Å²) in [5, 5.41) is 5.76. The van der Waals surface area contributed by atoms with Crippen LogP contribution in [0.4, 0.5) is 0 Å². The molecule has 2 amide bonds. The van der Waals surface area contributed by atoms with Crippen molar-refractivity contribution in [3.8, 4) is 0 Å². The highest BCUT2D eigenvalue weighted by atomic mass is 16.3. The molecule has 0 spiro atoms. The minimum Gasteiger partial charge on any atom is -0.464 e. The fourth-order valence-electron chi connectivity index (χ4n) is 2.57. The number of amides is 2. The number of hydrogen-bond donors (Lipinski definition) is 1.